The molecule has 0 saturated heterocycles. The van der Waals surface area contributed by atoms with E-state index in [1.54, 1.807) is 0 Å². The van der Waals surface area contributed by atoms with Crippen molar-refractivity contribution in [1.82, 2.24) is 4.90 Å². The van der Waals surface area contributed by atoms with Gasteiger partial charge in [0, 0.05) is 6.42 Å². The predicted octanol–water partition coefficient (Wildman–Crippen LogP) is 2.58. The first-order chi connectivity index (χ1) is 9.12. The van der Waals surface area contributed by atoms with Crippen LogP contribution in [0, 0.1) is 11.3 Å². The molecule has 0 radical (unpaired) electrons. The third-order valence-corrected chi connectivity index (χ3v) is 3.69. The number of hydrogen-bond donors (Lipinski definition) is 0. The van der Waals surface area contributed by atoms with Gasteiger partial charge in [0.2, 0.25) is 6.79 Å². The first-order valence-electron chi connectivity index (χ1n) is 6.67. The van der Waals surface area contributed by atoms with Gasteiger partial charge in [-0.3, -0.25) is 4.90 Å². The fraction of sp³-hybridized carbons (Fsp3) is 0.533. The summed E-state index contributed by atoms with van der Waals surface area (Å²) in [5.41, 5.74) is 0.609. The van der Waals surface area contributed by atoms with Gasteiger partial charge in [-0.05, 0) is 37.7 Å². The predicted molar refractivity (Wildman–Crippen MR) is 73.2 cm³/mol. The van der Waals surface area contributed by atoms with Crippen LogP contribution < -0.4 is 9.47 Å². The van der Waals surface area contributed by atoms with Crippen molar-refractivity contribution < 1.29 is 9.47 Å². The van der Waals surface area contributed by atoms with Crippen molar-refractivity contribution >= 4 is 0 Å². The fourth-order valence-electron chi connectivity index (χ4n) is 2.59. The minimum Gasteiger partial charge on any atom is -0.454 e. The van der Waals surface area contributed by atoms with Crippen molar-refractivity contribution in [2.45, 2.75) is 32.7 Å². The lowest BCUT2D eigenvalue weighted by Crippen LogP contribution is -2.46. The van der Waals surface area contributed by atoms with Gasteiger partial charge in [0.05, 0.1) is 6.07 Å². The van der Waals surface area contributed by atoms with E-state index in [0.717, 1.165) is 30.2 Å². The van der Waals surface area contributed by atoms with E-state index >= 15 is 0 Å². The molecule has 0 saturated carbocycles. The monoisotopic (exact) mass is 260 g/mol. The molecule has 0 fully saturated rings. The molecule has 1 atom stereocenters. The second-order valence-electron chi connectivity index (χ2n) is 4.92. The second kappa shape index (κ2) is 5.50. The Kier molecular flexibility index (Phi) is 3.96. The van der Waals surface area contributed by atoms with E-state index in [2.05, 4.69) is 24.8 Å². The topological polar surface area (TPSA) is 45.5 Å². The molecule has 0 spiro atoms. The summed E-state index contributed by atoms with van der Waals surface area (Å²) in [6.45, 7) is 8.17. The van der Waals surface area contributed by atoms with Gasteiger partial charge < -0.3 is 9.47 Å². The number of fused-ring (bicyclic) bond motifs is 1. The Balaban J connectivity index is 2.21. The summed E-state index contributed by atoms with van der Waals surface area (Å²) < 4.78 is 10.7. The molecule has 1 heterocycles. The molecule has 1 unspecified atom stereocenters. The quantitative estimate of drug-likeness (QED) is 0.816. The molecule has 0 amide bonds. The molecule has 0 aromatic heterocycles. The maximum Gasteiger partial charge on any atom is 0.231 e. The standard InChI is InChI=1S/C15H20N2O2/c1-4-17(5-2)15(3,10-16)9-12-6-7-13-14(8-12)19-11-18-13/h6-8H,4-5,9,11H2,1-3H3. The van der Waals surface area contributed by atoms with Gasteiger partial charge in [0.15, 0.2) is 11.5 Å². The molecule has 1 aliphatic heterocycles. The van der Waals surface area contributed by atoms with Crippen LogP contribution in [-0.2, 0) is 6.42 Å². The molecule has 2 rings (SSSR count). The highest BCUT2D eigenvalue weighted by molar-refractivity contribution is 5.45. The van der Waals surface area contributed by atoms with Crippen molar-refractivity contribution in [3.8, 4) is 17.6 Å². The Bertz CT molecular complexity index is 491. The van der Waals surface area contributed by atoms with Crippen LogP contribution in [0.25, 0.3) is 0 Å². The molecule has 0 N–H and O–H groups in total. The minimum atomic E-state index is -0.489. The number of nitriles is 1. The van der Waals surface area contributed by atoms with Crippen LogP contribution in [0.15, 0.2) is 18.2 Å². The molecule has 1 aromatic carbocycles. The van der Waals surface area contributed by atoms with Crippen LogP contribution in [0.1, 0.15) is 26.3 Å². The lowest BCUT2D eigenvalue weighted by atomic mass is 9.92. The van der Waals surface area contributed by atoms with Crippen molar-refractivity contribution in [3.63, 3.8) is 0 Å². The summed E-state index contributed by atoms with van der Waals surface area (Å²) in [6, 6.07) is 8.35. The van der Waals surface area contributed by atoms with Crippen LogP contribution in [0.2, 0.25) is 0 Å². The lowest BCUT2D eigenvalue weighted by Gasteiger charge is -2.34. The molecule has 0 aliphatic carbocycles. The van der Waals surface area contributed by atoms with Crippen LogP contribution in [0.5, 0.6) is 11.5 Å². The van der Waals surface area contributed by atoms with Crippen LogP contribution in [0.4, 0.5) is 0 Å². The highest BCUT2D eigenvalue weighted by Gasteiger charge is 2.30. The number of ether oxygens (including phenoxy) is 2. The third kappa shape index (κ3) is 2.66. The summed E-state index contributed by atoms with van der Waals surface area (Å²) in [7, 11) is 0. The minimum absolute atomic E-state index is 0.282. The van der Waals surface area contributed by atoms with Crippen molar-refractivity contribution in [2.24, 2.45) is 0 Å². The van der Waals surface area contributed by atoms with Gasteiger partial charge in [-0.1, -0.05) is 19.9 Å². The number of benzene rings is 1. The Morgan fingerprint density at radius 2 is 1.95 bits per heavy atom. The van der Waals surface area contributed by atoms with Gasteiger partial charge in [-0.25, -0.2) is 0 Å². The number of hydrogen-bond acceptors (Lipinski definition) is 4. The van der Waals surface area contributed by atoms with Crippen molar-refractivity contribution in [2.75, 3.05) is 19.9 Å². The highest BCUT2D eigenvalue weighted by atomic mass is 16.7. The molecule has 19 heavy (non-hydrogen) atoms. The average Bonchev–Trinajstić information content (AvgIpc) is 2.87. The molecular weight excluding hydrogens is 240 g/mol. The zero-order valence-electron chi connectivity index (χ0n) is 11.8. The largest absolute Gasteiger partial charge is 0.454 e. The molecule has 4 heteroatoms. The van der Waals surface area contributed by atoms with E-state index in [4.69, 9.17) is 9.47 Å². The van der Waals surface area contributed by atoms with E-state index in [9.17, 15) is 5.26 Å². The number of nitrogens with zero attached hydrogens (tertiary/aromatic N) is 2. The van der Waals surface area contributed by atoms with E-state index in [1.165, 1.54) is 0 Å². The maximum atomic E-state index is 9.53. The normalized spacial score (nSPS) is 16.2. The zero-order chi connectivity index (χ0) is 13.9. The SMILES string of the molecule is CCN(CC)C(C)(C#N)Cc1ccc2c(c1)OCO2. The smallest absolute Gasteiger partial charge is 0.231 e. The Morgan fingerprint density at radius 3 is 2.58 bits per heavy atom. The van der Waals surface area contributed by atoms with E-state index in [1.807, 2.05) is 25.1 Å². The average molecular weight is 260 g/mol. The summed E-state index contributed by atoms with van der Waals surface area (Å²) in [5, 5.41) is 9.53. The molecule has 4 nitrogen and oxygen atoms in total. The maximum absolute atomic E-state index is 9.53. The number of likely N-dealkylation sites (N-methyl/N-ethyl adjacent to an activating group) is 1. The van der Waals surface area contributed by atoms with E-state index in [0.29, 0.717) is 6.42 Å². The van der Waals surface area contributed by atoms with Crippen LogP contribution >= 0.6 is 0 Å². The lowest BCUT2D eigenvalue weighted by molar-refractivity contribution is 0.168. The molecule has 1 aromatic rings. The Hall–Kier alpha value is -1.73. The van der Waals surface area contributed by atoms with Crippen LogP contribution in [0.3, 0.4) is 0 Å². The molecule has 0 bridgehead atoms. The first kappa shape index (κ1) is 13.7. The van der Waals surface area contributed by atoms with Crippen molar-refractivity contribution in [1.29, 1.82) is 5.26 Å². The van der Waals surface area contributed by atoms with Crippen molar-refractivity contribution in [3.05, 3.63) is 23.8 Å². The zero-order valence-corrected chi connectivity index (χ0v) is 11.8. The summed E-state index contributed by atoms with van der Waals surface area (Å²) in [4.78, 5) is 2.18. The van der Waals surface area contributed by atoms with Gasteiger partial charge in [0.25, 0.3) is 0 Å². The third-order valence-electron chi connectivity index (χ3n) is 3.69. The summed E-state index contributed by atoms with van der Waals surface area (Å²) >= 11 is 0. The van der Waals surface area contributed by atoms with Gasteiger partial charge in [-0.2, -0.15) is 5.26 Å². The van der Waals surface area contributed by atoms with Gasteiger partial charge in [0.1, 0.15) is 5.54 Å². The van der Waals surface area contributed by atoms with Gasteiger partial charge >= 0.3 is 0 Å². The van der Waals surface area contributed by atoms with Crippen LogP contribution in [-0.4, -0.2) is 30.3 Å². The van der Waals surface area contributed by atoms with E-state index in [-0.39, 0.29) is 6.79 Å². The van der Waals surface area contributed by atoms with Gasteiger partial charge in [-0.15, -0.1) is 0 Å². The fourth-order valence-corrected chi connectivity index (χ4v) is 2.59. The molecule has 102 valence electrons. The summed E-state index contributed by atoms with van der Waals surface area (Å²) in [6.07, 6.45) is 0.682. The molecular formula is C15H20N2O2. The van der Waals surface area contributed by atoms with E-state index < -0.39 is 5.54 Å². The first-order valence-corrected chi connectivity index (χ1v) is 6.67. The second-order valence-corrected chi connectivity index (χ2v) is 4.92. The molecule has 1 aliphatic rings. The summed E-state index contributed by atoms with van der Waals surface area (Å²) in [5.74, 6) is 1.56. The highest BCUT2D eigenvalue weighted by Crippen LogP contribution is 2.34. The Labute approximate surface area is 114 Å². The number of rotatable bonds is 5. The Morgan fingerprint density at radius 1 is 1.26 bits per heavy atom.